The molecule has 0 N–H and O–H groups in total. The third-order valence-electron chi connectivity index (χ3n) is 2.24. The van der Waals surface area contributed by atoms with Crippen molar-refractivity contribution >= 4 is 33.5 Å². The smallest absolute Gasteiger partial charge is 0.157 e. The summed E-state index contributed by atoms with van der Waals surface area (Å²) in [5.41, 5.74) is 1.56. The first-order valence-electron chi connectivity index (χ1n) is 4.27. The molecule has 3 aromatic rings. The highest BCUT2D eigenvalue weighted by Crippen LogP contribution is 2.31. The Kier molecular flexibility index (Phi) is 1.52. The van der Waals surface area contributed by atoms with E-state index in [-0.39, 0.29) is 0 Å². The van der Waals surface area contributed by atoms with Crippen LogP contribution < -0.4 is 0 Å². The van der Waals surface area contributed by atoms with Crippen LogP contribution >= 0.6 is 11.6 Å². The van der Waals surface area contributed by atoms with Gasteiger partial charge in [-0.05, 0) is 6.07 Å². The first-order valence-corrected chi connectivity index (χ1v) is 4.65. The van der Waals surface area contributed by atoms with Gasteiger partial charge in [0.1, 0.15) is 10.6 Å². The van der Waals surface area contributed by atoms with Crippen LogP contribution in [-0.2, 0) is 0 Å². The molecule has 0 aliphatic rings. The van der Waals surface area contributed by atoms with Crippen molar-refractivity contribution in [2.45, 2.75) is 0 Å². The number of fused-ring (bicyclic) bond motifs is 3. The highest BCUT2D eigenvalue weighted by Gasteiger charge is 2.08. The Bertz CT molecular complexity index is 615. The van der Waals surface area contributed by atoms with Crippen LogP contribution in [0.3, 0.4) is 0 Å². The van der Waals surface area contributed by atoms with Gasteiger partial charge in [0.15, 0.2) is 5.58 Å². The maximum absolute atomic E-state index is 5.97. The SMILES string of the molecule is Clc1cncc2c1oc1ccccc12. The fraction of sp³-hybridized carbons (Fsp3) is 0. The highest BCUT2D eigenvalue weighted by atomic mass is 35.5. The van der Waals surface area contributed by atoms with Crippen LogP contribution in [0.5, 0.6) is 0 Å². The van der Waals surface area contributed by atoms with Crippen molar-refractivity contribution in [3.63, 3.8) is 0 Å². The summed E-state index contributed by atoms with van der Waals surface area (Å²) in [7, 11) is 0. The summed E-state index contributed by atoms with van der Waals surface area (Å²) in [5.74, 6) is 0. The molecule has 0 unspecified atom stereocenters. The van der Waals surface area contributed by atoms with Gasteiger partial charge in [0.25, 0.3) is 0 Å². The first kappa shape index (κ1) is 7.83. The maximum atomic E-state index is 5.97. The lowest BCUT2D eigenvalue weighted by molar-refractivity contribution is 0.668. The molecule has 14 heavy (non-hydrogen) atoms. The second-order valence-electron chi connectivity index (χ2n) is 3.10. The quantitative estimate of drug-likeness (QED) is 0.558. The lowest BCUT2D eigenvalue weighted by Crippen LogP contribution is -1.71. The van der Waals surface area contributed by atoms with Crippen LogP contribution in [0, 0.1) is 0 Å². The van der Waals surface area contributed by atoms with E-state index in [2.05, 4.69) is 4.98 Å². The molecule has 0 spiro atoms. The molecule has 0 saturated heterocycles. The highest BCUT2D eigenvalue weighted by molar-refractivity contribution is 6.35. The predicted molar refractivity (Wildman–Crippen MR) is 56.5 cm³/mol. The van der Waals surface area contributed by atoms with Gasteiger partial charge in [-0.3, -0.25) is 4.98 Å². The minimum Gasteiger partial charge on any atom is -0.454 e. The molecule has 2 heterocycles. The Balaban J connectivity index is 2.63. The number of halogens is 1. The number of hydrogen-bond acceptors (Lipinski definition) is 2. The summed E-state index contributed by atoms with van der Waals surface area (Å²) in [6.07, 6.45) is 3.36. The number of rotatable bonds is 0. The van der Waals surface area contributed by atoms with Crippen molar-refractivity contribution in [1.82, 2.24) is 4.98 Å². The van der Waals surface area contributed by atoms with Gasteiger partial charge >= 0.3 is 0 Å². The van der Waals surface area contributed by atoms with Gasteiger partial charge in [-0.15, -0.1) is 0 Å². The Morgan fingerprint density at radius 3 is 2.86 bits per heavy atom. The number of pyridine rings is 1. The number of para-hydroxylation sites is 1. The molecule has 3 rings (SSSR count). The summed E-state index contributed by atoms with van der Waals surface area (Å²) in [4.78, 5) is 4.04. The molecule has 0 saturated carbocycles. The summed E-state index contributed by atoms with van der Waals surface area (Å²) in [5, 5.41) is 2.57. The van der Waals surface area contributed by atoms with Crippen LogP contribution in [0.1, 0.15) is 0 Å². The predicted octanol–water partition coefficient (Wildman–Crippen LogP) is 3.63. The third-order valence-corrected chi connectivity index (χ3v) is 2.51. The molecule has 0 aliphatic carbocycles. The van der Waals surface area contributed by atoms with Gasteiger partial charge in [0.2, 0.25) is 0 Å². The van der Waals surface area contributed by atoms with Gasteiger partial charge in [-0.25, -0.2) is 0 Å². The summed E-state index contributed by atoms with van der Waals surface area (Å²) in [6.45, 7) is 0. The van der Waals surface area contributed by atoms with Crippen molar-refractivity contribution in [2.75, 3.05) is 0 Å². The summed E-state index contributed by atoms with van der Waals surface area (Å²) < 4.78 is 5.61. The van der Waals surface area contributed by atoms with Crippen molar-refractivity contribution < 1.29 is 4.42 Å². The topological polar surface area (TPSA) is 26.0 Å². The molecule has 68 valence electrons. The fourth-order valence-corrected chi connectivity index (χ4v) is 1.80. The van der Waals surface area contributed by atoms with E-state index in [4.69, 9.17) is 16.0 Å². The maximum Gasteiger partial charge on any atom is 0.157 e. The number of hydrogen-bond donors (Lipinski definition) is 0. The third kappa shape index (κ3) is 0.946. The Morgan fingerprint density at radius 2 is 1.93 bits per heavy atom. The monoisotopic (exact) mass is 203 g/mol. The molecule has 0 radical (unpaired) electrons. The molecule has 0 fully saturated rings. The minimum absolute atomic E-state index is 0.554. The first-order chi connectivity index (χ1) is 6.86. The van der Waals surface area contributed by atoms with E-state index < -0.39 is 0 Å². The van der Waals surface area contributed by atoms with Crippen molar-refractivity contribution in [3.05, 3.63) is 41.7 Å². The Labute approximate surface area is 85.1 Å². The molecular weight excluding hydrogens is 198 g/mol. The van der Waals surface area contributed by atoms with E-state index in [0.717, 1.165) is 16.4 Å². The number of furan rings is 1. The Hall–Kier alpha value is -1.54. The normalized spacial score (nSPS) is 11.2. The lowest BCUT2D eigenvalue weighted by atomic mass is 10.2. The van der Waals surface area contributed by atoms with Crippen LogP contribution in [0.4, 0.5) is 0 Å². The molecule has 3 heteroatoms. The fourth-order valence-electron chi connectivity index (χ4n) is 1.61. The summed E-state index contributed by atoms with van der Waals surface area (Å²) in [6, 6.07) is 7.83. The average molecular weight is 204 g/mol. The van der Waals surface area contributed by atoms with E-state index in [1.165, 1.54) is 0 Å². The average Bonchev–Trinajstić information content (AvgIpc) is 2.59. The van der Waals surface area contributed by atoms with Gasteiger partial charge in [-0.1, -0.05) is 29.8 Å². The lowest BCUT2D eigenvalue weighted by Gasteiger charge is -1.88. The van der Waals surface area contributed by atoms with E-state index in [1.807, 2.05) is 24.3 Å². The van der Waals surface area contributed by atoms with Crippen LogP contribution in [-0.4, -0.2) is 4.98 Å². The van der Waals surface area contributed by atoms with Gasteiger partial charge in [0, 0.05) is 23.2 Å². The summed E-state index contributed by atoms with van der Waals surface area (Å²) >= 11 is 5.97. The van der Waals surface area contributed by atoms with Gasteiger partial charge in [-0.2, -0.15) is 0 Å². The molecule has 2 aromatic heterocycles. The van der Waals surface area contributed by atoms with Crippen molar-refractivity contribution in [1.29, 1.82) is 0 Å². The van der Waals surface area contributed by atoms with Gasteiger partial charge < -0.3 is 4.42 Å². The second-order valence-corrected chi connectivity index (χ2v) is 3.50. The molecule has 1 aromatic carbocycles. The largest absolute Gasteiger partial charge is 0.454 e. The zero-order valence-electron chi connectivity index (χ0n) is 7.20. The molecule has 0 aliphatic heterocycles. The van der Waals surface area contributed by atoms with Crippen molar-refractivity contribution in [3.8, 4) is 0 Å². The number of aromatic nitrogens is 1. The Morgan fingerprint density at radius 1 is 1.07 bits per heavy atom. The van der Waals surface area contributed by atoms with E-state index in [9.17, 15) is 0 Å². The zero-order valence-corrected chi connectivity index (χ0v) is 7.95. The molecule has 0 amide bonds. The van der Waals surface area contributed by atoms with Gasteiger partial charge in [0.05, 0.1) is 0 Å². The zero-order chi connectivity index (χ0) is 9.54. The van der Waals surface area contributed by atoms with Crippen LogP contribution in [0.2, 0.25) is 5.02 Å². The number of benzene rings is 1. The molecule has 0 bridgehead atoms. The molecule has 0 atom stereocenters. The van der Waals surface area contributed by atoms with Crippen molar-refractivity contribution in [2.24, 2.45) is 0 Å². The second kappa shape index (κ2) is 2.72. The van der Waals surface area contributed by atoms with E-state index in [1.54, 1.807) is 12.4 Å². The van der Waals surface area contributed by atoms with E-state index >= 15 is 0 Å². The van der Waals surface area contributed by atoms with E-state index in [0.29, 0.717) is 10.6 Å². The minimum atomic E-state index is 0.554. The molecule has 2 nitrogen and oxygen atoms in total. The van der Waals surface area contributed by atoms with Crippen LogP contribution in [0.25, 0.3) is 21.9 Å². The molecular formula is C11H6ClNO. The van der Waals surface area contributed by atoms with Crippen LogP contribution in [0.15, 0.2) is 41.1 Å². The number of nitrogens with zero attached hydrogens (tertiary/aromatic N) is 1. The standard InChI is InChI=1S/C11H6ClNO/c12-9-6-13-5-8-7-3-1-2-4-10(7)14-11(8)9/h1-6H.